The third-order valence-electron chi connectivity index (χ3n) is 8.15. The van der Waals surface area contributed by atoms with Crippen molar-refractivity contribution in [3.8, 4) is 34.6 Å². The summed E-state index contributed by atoms with van der Waals surface area (Å²) in [5.74, 6) is 4.17. The van der Waals surface area contributed by atoms with Crippen LogP contribution in [0.1, 0.15) is 5.56 Å². The van der Waals surface area contributed by atoms with Crippen LogP contribution in [0.4, 0.5) is 5.82 Å². The zero-order valence-electron chi connectivity index (χ0n) is 22.8. The van der Waals surface area contributed by atoms with Crippen LogP contribution < -0.4 is 19.1 Å². The minimum atomic E-state index is 0.0682. The Labute approximate surface area is 237 Å². The van der Waals surface area contributed by atoms with Gasteiger partial charge in [-0.15, -0.1) is 0 Å². The van der Waals surface area contributed by atoms with Gasteiger partial charge in [-0.1, -0.05) is 0 Å². The van der Waals surface area contributed by atoms with Crippen LogP contribution in [0, 0.1) is 23.2 Å². The topological polar surface area (TPSA) is 110 Å². The largest absolute Gasteiger partial charge is 0.491 e. The number of ether oxygens (including phenoxy) is 4. The van der Waals surface area contributed by atoms with E-state index in [9.17, 15) is 5.26 Å². The van der Waals surface area contributed by atoms with Crippen molar-refractivity contribution in [2.75, 3.05) is 64.6 Å². The lowest BCUT2D eigenvalue weighted by Crippen LogP contribution is -2.54. The van der Waals surface area contributed by atoms with E-state index in [-0.39, 0.29) is 6.10 Å². The molecule has 3 aliphatic heterocycles. The quantitative estimate of drug-likeness (QED) is 0.307. The van der Waals surface area contributed by atoms with E-state index in [0.717, 1.165) is 74.1 Å². The number of nitriles is 1. The van der Waals surface area contributed by atoms with Gasteiger partial charge in [0, 0.05) is 54.9 Å². The summed E-state index contributed by atoms with van der Waals surface area (Å²) in [5.41, 5.74) is 3.01. The molecule has 7 heterocycles. The Kier molecular flexibility index (Phi) is 6.78. The van der Waals surface area contributed by atoms with Crippen molar-refractivity contribution in [3.05, 3.63) is 60.7 Å². The van der Waals surface area contributed by atoms with Crippen molar-refractivity contribution < 1.29 is 18.9 Å². The zero-order chi connectivity index (χ0) is 27.8. The molecule has 3 aliphatic rings. The molecule has 2 atom stereocenters. The summed E-state index contributed by atoms with van der Waals surface area (Å²) in [5, 5.41) is 14.1. The van der Waals surface area contributed by atoms with E-state index >= 15 is 0 Å². The predicted octanol–water partition coefficient (Wildman–Crippen LogP) is 2.90. The Balaban J connectivity index is 1.02. The Morgan fingerprint density at radius 1 is 1.00 bits per heavy atom. The number of rotatable bonds is 9. The maximum atomic E-state index is 9.72. The van der Waals surface area contributed by atoms with Crippen LogP contribution in [0.25, 0.3) is 16.6 Å². The third kappa shape index (κ3) is 5.12. The van der Waals surface area contributed by atoms with Gasteiger partial charge in [-0.3, -0.25) is 4.90 Å². The van der Waals surface area contributed by atoms with E-state index < -0.39 is 0 Å². The van der Waals surface area contributed by atoms with Gasteiger partial charge in [-0.2, -0.15) is 10.4 Å². The van der Waals surface area contributed by atoms with Gasteiger partial charge in [-0.05, 0) is 24.3 Å². The molecule has 0 amide bonds. The summed E-state index contributed by atoms with van der Waals surface area (Å²) < 4.78 is 24.6. The highest BCUT2D eigenvalue weighted by Gasteiger charge is 2.36. The number of aromatic nitrogens is 4. The van der Waals surface area contributed by atoms with E-state index in [1.54, 1.807) is 30.1 Å². The molecular weight excluding hydrogens is 522 g/mol. The zero-order valence-corrected chi connectivity index (χ0v) is 22.8. The molecule has 0 N–H and O–H groups in total. The van der Waals surface area contributed by atoms with Gasteiger partial charge < -0.3 is 23.8 Å². The van der Waals surface area contributed by atoms with E-state index in [1.165, 1.54) is 0 Å². The second-order valence-electron chi connectivity index (χ2n) is 10.8. The molecule has 3 saturated heterocycles. The molecule has 3 fully saturated rings. The van der Waals surface area contributed by atoms with E-state index in [4.69, 9.17) is 23.9 Å². The van der Waals surface area contributed by atoms with Crippen LogP contribution in [-0.4, -0.2) is 90.2 Å². The molecular formula is C30H31N7O4. The summed E-state index contributed by atoms with van der Waals surface area (Å²) in [6.07, 6.45) is 7.01. The number of methoxy groups -OCH3 is 1. The molecule has 0 bridgehead atoms. The summed E-state index contributed by atoms with van der Waals surface area (Å²) in [6.45, 7) is 6.82. The Morgan fingerprint density at radius 2 is 1.85 bits per heavy atom. The highest BCUT2D eigenvalue weighted by Crippen LogP contribution is 2.33. The molecule has 2 unspecified atom stereocenters. The van der Waals surface area contributed by atoms with Gasteiger partial charge in [0.2, 0.25) is 5.88 Å². The summed E-state index contributed by atoms with van der Waals surface area (Å²) >= 11 is 0. The molecule has 0 aromatic carbocycles. The smallest absolute Gasteiger partial charge is 0.213 e. The van der Waals surface area contributed by atoms with Crippen LogP contribution in [0.2, 0.25) is 0 Å². The minimum Gasteiger partial charge on any atom is -0.491 e. The summed E-state index contributed by atoms with van der Waals surface area (Å²) in [4.78, 5) is 13.5. The third-order valence-corrected chi connectivity index (χ3v) is 8.15. The molecule has 210 valence electrons. The standard InChI is InChI=1S/C30H31N7O4/c1-38-29-5-3-24(12-33-29)41-26-15-36(16-26)28-4-2-20(10-32-28)27-8-25(17-37-30(27)21(9-31)11-34-37)40-7-6-35-13-22-18-39-19-23(22)14-35/h2-5,8,10-12,17,22-23,26H,6-7,13-16,18-19H2,1H3. The molecule has 11 heteroatoms. The minimum absolute atomic E-state index is 0.0682. The first-order valence-corrected chi connectivity index (χ1v) is 13.9. The number of anilines is 1. The first kappa shape index (κ1) is 25.6. The molecule has 7 rings (SSSR count). The fourth-order valence-corrected chi connectivity index (χ4v) is 5.92. The van der Waals surface area contributed by atoms with Crippen molar-refractivity contribution in [3.63, 3.8) is 0 Å². The van der Waals surface area contributed by atoms with Gasteiger partial charge in [-0.25, -0.2) is 14.5 Å². The number of likely N-dealkylation sites (tertiary alicyclic amines) is 1. The second kappa shape index (κ2) is 10.9. The van der Waals surface area contributed by atoms with Crippen molar-refractivity contribution in [1.29, 1.82) is 5.26 Å². The fourth-order valence-electron chi connectivity index (χ4n) is 5.92. The van der Waals surface area contributed by atoms with Crippen LogP contribution in [0.3, 0.4) is 0 Å². The van der Waals surface area contributed by atoms with Crippen LogP contribution in [0.5, 0.6) is 17.4 Å². The number of hydrogen-bond acceptors (Lipinski definition) is 10. The molecule has 0 radical (unpaired) electrons. The van der Waals surface area contributed by atoms with Gasteiger partial charge >= 0.3 is 0 Å². The maximum Gasteiger partial charge on any atom is 0.213 e. The normalized spacial score (nSPS) is 20.5. The van der Waals surface area contributed by atoms with Gasteiger partial charge in [0.1, 0.15) is 36.1 Å². The molecule has 11 nitrogen and oxygen atoms in total. The number of hydrogen-bond donors (Lipinski definition) is 0. The average molecular weight is 554 g/mol. The molecule has 4 aromatic heterocycles. The summed E-state index contributed by atoms with van der Waals surface area (Å²) in [7, 11) is 1.59. The average Bonchev–Trinajstić information content (AvgIpc) is 3.70. The first-order valence-electron chi connectivity index (χ1n) is 13.9. The van der Waals surface area contributed by atoms with Gasteiger partial charge in [0.05, 0.1) is 63.1 Å². The fraction of sp³-hybridized carbons (Fsp3) is 0.400. The summed E-state index contributed by atoms with van der Waals surface area (Å²) in [6, 6.07) is 11.9. The second-order valence-corrected chi connectivity index (χ2v) is 10.8. The maximum absolute atomic E-state index is 9.72. The van der Waals surface area contributed by atoms with Crippen molar-refractivity contribution >= 4 is 11.3 Å². The molecule has 0 spiro atoms. The lowest BCUT2D eigenvalue weighted by Gasteiger charge is -2.39. The molecule has 0 saturated carbocycles. The highest BCUT2D eigenvalue weighted by atomic mass is 16.5. The van der Waals surface area contributed by atoms with Crippen LogP contribution in [0.15, 0.2) is 55.1 Å². The van der Waals surface area contributed by atoms with E-state index in [1.807, 2.05) is 36.7 Å². The van der Waals surface area contributed by atoms with Crippen molar-refractivity contribution in [1.82, 2.24) is 24.5 Å². The molecule has 41 heavy (non-hydrogen) atoms. The van der Waals surface area contributed by atoms with Crippen LogP contribution >= 0.6 is 0 Å². The van der Waals surface area contributed by atoms with E-state index in [2.05, 4.69) is 26.0 Å². The lowest BCUT2D eigenvalue weighted by atomic mass is 10.0. The van der Waals surface area contributed by atoms with Gasteiger partial charge in [0.25, 0.3) is 0 Å². The number of pyridine rings is 3. The van der Waals surface area contributed by atoms with E-state index in [0.29, 0.717) is 35.6 Å². The Morgan fingerprint density at radius 3 is 2.56 bits per heavy atom. The molecule has 4 aromatic rings. The number of nitrogens with zero attached hydrogens (tertiary/aromatic N) is 7. The monoisotopic (exact) mass is 553 g/mol. The Hall–Kier alpha value is -4.40. The van der Waals surface area contributed by atoms with Crippen LogP contribution in [-0.2, 0) is 4.74 Å². The first-order chi connectivity index (χ1) is 20.2. The highest BCUT2D eigenvalue weighted by molar-refractivity contribution is 5.85. The molecule has 0 aliphatic carbocycles. The Bertz CT molecular complexity index is 1550. The predicted molar refractivity (Wildman–Crippen MR) is 150 cm³/mol. The van der Waals surface area contributed by atoms with Crippen molar-refractivity contribution in [2.45, 2.75) is 6.10 Å². The number of fused-ring (bicyclic) bond motifs is 2. The van der Waals surface area contributed by atoms with Crippen molar-refractivity contribution in [2.24, 2.45) is 11.8 Å². The lowest BCUT2D eigenvalue weighted by molar-refractivity contribution is 0.147. The van der Waals surface area contributed by atoms with Gasteiger partial charge in [0.15, 0.2) is 0 Å². The SMILES string of the molecule is COc1ccc(OC2CN(c3ccc(-c4cc(OCCN5CC6COCC6C5)cn5ncc(C#N)c45)cn3)C2)cn1.